The lowest BCUT2D eigenvalue weighted by Gasteiger charge is -2.16. The van der Waals surface area contributed by atoms with E-state index >= 15 is 0 Å². The second-order valence-electron chi connectivity index (χ2n) is 7.01. The normalized spacial score (nSPS) is 18.4. The number of hydrogen-bond acceptors (Lipinski definition) is 3. The first kappa shape index (κ1) is 20.0. The van der Waals surface area contributed by atoms with Crippen LogP contribution in [0.2, 0.25) is 0 Å². The standard InChI is InChI=1S/C22H23F2NO3/c23-22(24,21(27)25-17-11-5-2-6-12-17)13-7-8-14-28-20(26)19-15-18(19)16-9-3-1-4-10-16/h1-6,9-12,18-19H,7-8,13-15H2,(H,25,27). The van der Waals surface area contributed by atoms with Crippen molar-refractivity contribution in [3.05, 3.63) is 66.2 Å². The molecule has 0 aliphatic heterocycles. The minimum atomic E-state index is -3.46. The molecule has 1 aliphatic carbocycles. The van der Waals surface area contributed by atoms with Crippen molar-refractivity contribution in [2.24, 2.45) is 5.92 Å². The first-order valence-corrected chi connectivity index (χ1v) is 9.43. The maximum atomic E-state index is 13.9. The summed E-state index contributed by atoms with van der Waals surface area (Å²) >= 11 is 0. The predicted octanol–water partition coefficient (Wildman–Crippen LogP) is 4.78. The topological polar surface area (TPSA) is 55.4 Å². The van der Waals surface area contributed by atoms with Gasteiger partial charge in [-0.1, -0.05) is 48.5 Å². The van der Waals surface area contributed by atoms with Crippen LogP contribution in [0.4, 0.5) is 14.5 Å². The van der Waals surface area contributed by atoms with Gasteiger partial charge in [-0.2, -0.15) is 8.78 Å². The molecule has 2 atom stereocenters. The molecule has 1 N–H and O–H groups in total. The highest BCUT2D eigenvalue weighted by Crippen LogP contribution is 2.48. The van der Waals surface area contributed by atoms with Crippen LogP contribution in [-0.2, 0) is 14.3 Å². The SMILES string of the molecule is O=C(OCCCCC(F)(F)C(=O)Nc1ccccc1)C1CC1c1ccccc1. The molecule has 1 amide bonds. The number of amides is 1. The van der Waals surface area contributed by atoms with E-state index in [1.165, 1.54) is 0 Å². The molecule has 6 heteroatoms. The summed E-state index contributed by atoms with van der Waals surface area (Å²) in [5.41, 5.74) is 1.45. The Bertz CT molecular complexity index is 796. The second kappa shape index (κ2) is 8.95. The van der Waals surface area contributed by atoms with Gasteiger partial charge in [0.1, 0.15) is 0 Å². The lowest BCUT2D eigenvalue weighted by molar-refractivity contribution is -0.146. The van der Waals surface area contributed by atoms with E-state index in [1.807, 2.05) is 30.3 Å². The van der Waals surface area contributed by atoms with Crippen LogP contribution in [0.25, 0.3) is 0 Å². The van der Waals surface area contributed by atoms with Gasteiger partial charge in [0, 0.05) is 12.1 Å². The lowest BCUT2D eigenvalue weighted by atomic mass is 10.1. The maximum Gasteiger partial charge on any atom is 0.324 e. The minimum absolute atomic E-state index is 0.0905. The Morgan fingerprint density at radius 3 is 2.32 bits per heavy atom. The highest BCUT2D eigenvalue weighted by Gasteiger charge is 2.45. The van der Waals surface area contributed by atoms with Crippen molar-refractivity contribution in [2.75, 3.05) is 11.9 Å². The molecule has 2 unspecified atom stereocenters. The number of nitrogens with one attached hydrogen (secondary N) is 1. The molecule has 0 saturated heterocycles. The van der Waals surface area contributed by atoms with E-state index in [1.54, 1.807) is 30.3 Å². The van der Waals surface area contributed by atoms with E-state index in [9.17, 15) is 18.4 Å². The number of carbonyl (C=O) groups excluding carboxylic acids is 2. The average molecular weight is 387 g/mol. The van der Waals surface area contributed by atoms with E-state index < -0.39 is 18.3 Å². The number of halogens is 2. The number of carbonyl (C=O) groups is 2. The van der Waals surface area contributed by atoms with Gasteiger partial charge in [0.05, 0.1) is 12.5 Å². The van der Waals surface area contributed by atoms with Gasteiger partial charge in [-0.25, -0.2) is 0 Å². The molecule has 0 aromatic heterocycles. The van der Waals surface area contributed by atoms with Gasteiger partial charge in [-0.15, -0.1) is 0 Å². The van der Waals surface area contributed by atoms with Crippen LogP contribution in [0, 0.1) is 5.92 Å². The zero-order chi connectivity index (χ0) is 20.0. The molecular formula is C22H23F2NO3. The molecule has 1 aliphatic rings. The maximum absolute atomic E-state index is 13.9. The molecule has 0 heterocycles. The largest absolute Gasteiger partial charge is 0.465 e. The summed E-state index contributed by atoms with van der Waals surface area (Å²) in [6, 6.07) is 17.9. The third kappa shape index (κ3) is 5.38. The van der Waals surface area contributed by atoms with Gasteiger partial charge >= 0.3 is 11.9 Å². The van der Waals surface area contributed by atoms with Crippen molar-refractivity contribution in [1.29, 1.82) is 0 Å². The molecule has 4 nitrogen and oxygen atoms in total. The summed E-state index contributed by atoms with van der Waals surface area (Å²) in [5, 5.41) is 2.21. The van der Waals surface area contributed by atoms with Crippen LogP contribution in [0.15, 0.2) is 60.7 Å². The smallest absolute Gasteiger partial charge is 0.324 e. The molecule has 148 valence electrons. The van der Waals surface area contributed by atoms with Crippen LogP contribution < -0.4 is 5.32 Å². The quantitative estimate of drug-likeness (QED) is 0.498. The number of anilines is 1. The number of para-hydroxylation sites is 1. The van der Waals surface area contributed by atoms with Gasteiger partial charge in [-0.05, 0) is 42.9 Å². The first-order chi connectivity index (χ1) is 13.5. The molecule has 28 heavy (non-hydrogen) atoms. The minimum Gasteiger partial charge on any atom is -0.465 e. The van der Waals surface area contributed by atoms with Crippen LogP contribution in [0.3, 0.4) is 0 Å². The Balaban J connectivity index is 1.33. The summed E-state index contributed by atoms with van der Waals surface area (Å²) in [6.45, 7) is 0.0905. The lowest BCUT2D eigenvalue weighted by Crippen LogP contribution is -2.34. The van der Waals surface area contributed by atoms with Gasteiger partial charge < -0.3 is 10.1 Å². The Morgan fingerprint density at radius 2 is 1.64 bits per heavy atom. The molecule has 2 aromatic rings. The molecule has 0 radical (unpaired) electrons. The molecule has 0 spiro atoms. The Kier molecular flexibility index (Phi) is 6.39. The molecule has 1 fully saturated rings. The van der Waals surface area contributed by atoms with Crippen LogP contribution in [0.5, 0.6) is 0 Å². The van der Waals surface area contributed by atoms with Crippen molar-refractivity contribution in [3.8, 4) is 0 Å². The Hall–Kier alpha value is -2.76. The highest BCUT2D eigenvalue weighted by atomic mass is 19.3. The number of ether oxygens (including phenoxy) is 1. The monoisotopic (exact) mass is 387 g/mol. The molecule has 2 aromatic carbocycles. The number of hydrogen-bond donors (Lipinski definition) is 1. The van der Waals surface area contributed by atoms with Crippen LogP contribution in [-0.4, -0.2) is 24.4 Å². The summed E-state index contributed by atoms with van der Waals surface area (Å²) in [5.74, 6) is -5.00. The van der Waals surface area contributed by atoms with E-state index in [0.717, 1.165) is 12.0 Å². The van der Waals surface area contributed by atoms with E-state index in [-0.39, 0.29) is 30.8 Å². The predicted molar refractivity (Wildman–Crippen MR) is 102 cm³/mol. The molecule has 1 saturated carbocycles. The van der Waals surface area contributed by atoms with Gasteiger partial charge in [0.15, 0.2) is 0 Å². The van der Waals surface area contributed by atoms with Crippen molar-refractivity contribution in [1.82, 2.24) is 0 Å². The number of benzene rings is 2. The summed E-state index contributed by atoms with van der Waals surface area (Å²) < 4.78 is 33.1. The van der Waals surface area contributed by atoms with Crippen LogP contribution in [0.1, 0.15) is 37.2 Å². The third-order valence-corrected chi connectivity index (χ3v) is 4.81. The summed E-state index contributed by atoms with van der Waals surface area (Å²) in [6.07, 6.45) is 0.567. The second-order valence-corrected chi connectivity index (χ2v) is 7.01. The first-order valence-electron chi connectivity index (χ1n) is 9.43. The summed E-state index contributed by atoms with van der Waals surface area (Å²) in [7, 11) is 0. The number of alkyl halides is 2. The van der Waals surface area contributed by atoms with Crippen molar-refractivity contribution in [2.45, 2.75) is 37.5 Å². The number of rotatable bonds is 9. The molecule has 3 rings (SSSR count). The number of esters is 1. The van der Waals surface area contributed by atoms with E-state index in [2.05, 4.69) is 5.32 Å². The van der Waals surface area contributed by atoms with Crippen LogP contribution >= 0.6 is 0 Å². The third-order valence-electron chi connectivity index (χ3n) is 4.81. The van der Waals surface area contributed by atoms with Gasteiger partial charge in [0.25, 0.3) is 5.91 Å². The average Bonchev–Trinajstić information content (AvgIpc) is 3.50. The van der Waals surface area contributed by atoms with Gasteiger partial charge in [0.2, 0.25) is 0 Å². The fourth-order valence-corrected chi connectivity index (χ4v) is 3.11. The van der Waals surface area contributed by atoms with Crippen molar-refractivity contribution >= 4 is 17.6 Å². The van der Waals surface area contributed by atoms with E-state index in [4.69, 9.17) is 4.74 Å². The Labute approximate surface area is 162 Å². The van der Waals surface area contributed by atoms with Crippen molar-refractivity contribution < 1.29 is 23.1 Å². The van der Waals surface area contributed by atoms with E-state index in [0.29, 0.717) is 12.1 Å². The zero-order valence-corrected chi connectivity index (χ0v) is 15.4. The summed E-state index contributed by atoms with van der Waals surface area (Å²) in [4.78, 5) is 23.8. The highest BCUT2D eigenvalue weighted by molar-refractivity contribution is 5.95. The number of unbranched alkanes of at least 4 members (excludes halogenated alkanes) is 1. The van der Waals surface area contributed by atoms with Crippen molar-refractivity contribution in [3.63, 3.8) is 0 Å². The van der Waals surface area contributed by atoms with Gasteiger partial charge in [-0.3, -0.25) is 9.59 Å². The molecule has 0 bridgehead atoms. The zero-order valence-electron chi connectivity index (χ0n) is 15.4. The fraction of sp³-hybridized carbons (Fsp3) is 0.364. The fourth-order valence-electron chi connectivity index (χ4n) is 3.11. The Morgan fingerprint density at radius 1 is 1.00 bits per heavy atom. The molecular weight excluding hydrogens is 364 g/mol.